The Hall–Kier alpha value is -3.50. The number of Topliss-reactive ketones (excluding diaryl/α,β-unsaturated/α-hetero) is 1. The maximum Gasteiger partial charge on any atom is 0.270 e. The summed E-state index contributed by atoms with van der Waals surface area (Å²) >= 11 is 0.997. The molecular weight excluding hydrogens is 438 g/mol. The van der Waals surface area contributed by atoms with Gasteiger partial charge in [0.1, 0.15) is 0 Å². The molecule has 0 unspecified atom stereocenters. The third-order valence-corrected chi connectivity index (χ3v) is 7.28. The van der Waals surface area contributed by atoms with Crippen LogP contribution in [-0.2, 0) is 10.0 Å². The number of imidazole rings is 1. The molecule has 10 heteroatoms. The lowest BCUT2D eigenvalue weighted by atomic mass is 10.1. The van der Waals surface area contributed by atoms with Crippen molar-refractivity contribution in [1.29, 1.82) is 0 Å². The summed E-state index contributed by atoms with van der Waals surface area (Å²) in [7, 11) is -3.93. The van der Waals surface area contributed by atoms with Crippen molar-refractivity contribution in [3.63, 3.8) is 0 Å². The van der Waals surface area contributed by atoms with Crippen LogP contribution < -0.4 is 0 Å². The van der Waals surface area contributed by atoms with Gasteiger partial charge in [0, 0.05) is 17.7 Å². The fraction of sp³-hybridized carbons (Fsp3) is 0.0476. The van der Waals surface area contributed by atoms with Crippen LogP contribution in [0.2, 0.25) is 0 Å². The Bertz CT molecular complexity index is 1380. The van der Waals surface area contributed by atoms with E-state index < -0.39 is 14.9 Å². The van der Waals surface area contributed by atoms with Crippen LogP contribution in [0.1, 0.15) is 10.4 Å². The third-order valence-electron chi connectivity index (χ3n) is 4.50. The van der Waals surface area contributed by atoms with Gasteiger partial charge in [-0.2, -0.15) is 0 Å². The molecule has 0 atom stereocenters. The van der Waals surface area contributed by atoms with Crippen LogP contribution in [0.25, 0.3) is 11.0 Å². The van der Waals surface area contributed by atoms with E-state index in [4.69, 9.17) is 0 Å². The number of hydrogen-bond donors (Lipinski definition) is 0. The first-order valence-corrected chi connectivity index (χ1v) is 11.5. The van der Waals surface area contributed by atoms with Crippen molar-refractivity contribution in [2.24, 2.45) is 0 Å². The molecule has 8 nitrogen and oxygen atoms in total. The molecule has 0 saturated heterocycles. The highest BCUT2D eigenvalue weighted by molar-refractivity contribution is 8.00. The zero-order valence-electron chi connectivity index (χ0n) is 15.9. The second-order valence-corrected chi connectivity index (χ2v) is 9.21. The number of para-hydroxylation sites is 2. The molecule has 0 fully saturated rings. The molecule has 0 aliphatic heterocycles. The monoisotopic (exact) mass is 453 g/mol. The molecule has 31 heavy (non-hydrogen) atoms. The SMILES string of the molecule is O=C(CSc1nc2ccccc2n1S(=O)(=O)c1ccccc1)c1ccc([N+](=O)[O-])cc1. The van der Waals surface area contributed by atoms with Gasteiger partial charge in [-0.25, -0.2) is 17.4 Å². The summed E-state index contributed by atoms with van der Waals surface area (Å²) in [6.45, 7) is 0. The van der Waals surface area contributed by atoms with Gasteiger partial charge in [0.25, 0.3) is 15.7 Å². The van der Waals surface area contributed by atoms with Gasteiger partial charge in [-0.3, -0.25) is 14.9 Å². The molecule has 1 aromatic heterocycles. The Morgan fingerprint density at radius 3 is 2.29 bits per heavy atom. The molecule has 4 aromatic rings. The van der Waals surface area contributed by atoms with Crippen molar-refractivity contribution in [3.05, 3.63) is 94.5 Å². The van der Waals surface area contributed by atoms with E-state index >= 15 is 0 Å². The van der Waals surface area contributed by atoms with E-state index in [2.05, 4.69) is 4.98 Å². The fourth-order valence-electron chi connectivity index (χ4n) is 2.99. The number of rotatable bonds is 7. The van der Waals surface area contributed by atoms with Crippen molar-refractivity contribution in [2.75, 3.05) is 5.75 Å². The predicted molar refractivity (Wildman–Crippen MR) is 117 cm³/mol. The Labute approximate surface area is 181 Å². The minimum Gasteiger partial charge on any atom is -0.293 e. The number of aromatic nitrogens is 2. The van der Waals surface area contributed by atoms with Gasteiger partial charge < -0.3 is 0 Å². The lowest BCUT2D eigenvalue weighted by Gasteiger charge is -2.10. The Kier molecular flexibility index (Phi) is 5.57. The maximum absolute atomic E-state index is 13.3. The highest BCUT2D eigenvalue weighted by Gasteiger charge is 2.25. The standard InChI is InChI=1S/C21H15N3O5S2/c25-20(15-10-12-16(13-11-15)24(26)27)14-30-21-22-18-8-4-5-9-19(18)23(21)31(28,29)17-6-2-1-3-7-17/h1-13H,14H2. The van der Waals surface area contributed by atoms with Crippen molar-refractivity contribution < 1.29 is 18.1 Å². The van der Waals surface area contributed by atoms with Gasteiger partial charge in [-0.05, 0) is 36.4 Å². The van der Waals surface area contributed by atoms with Crippen LogP contribution in [0.5, 0.6) is 0 Å². The number of nitro benzene ring substituents is 1. The Morgan fingerprint density at radius 1 is 0.968 bits per heavy atom. The summed E-state index contributed by atoms with van der Waals surface area (Å²) in [4.78, 5) is 27.3. The van der Waals surface area contributed by atoms with Gasteiger partial charge in [0.2, 0.25) is 0 Å². The van der Waals surface area contributed by atoms with Crippen molar-refractivity contribution in [1.82, 2.24) is 8.96 Å². The average molecular weight is 454 g/mol. The molecule has 0 aliphatic carbocycles. The molecule has 0 bridgehead atoms. The number of ketones is 1. The van der Waals surface area contributed by atoms with Crippen LogP contribution in [0.4, 0.5) is 5.69 Å². The molecule has 0 radical (unpaired) electrons. The number of nitro groups is 1. The number of nitrogens with zero attached hydrogens (tertiary/aromatic N) is 3. The number of hydrogen-bond acceptors (Lipinski definition) is 7. The van der Waals surface area contributed by atoms with Gasteiger partial charge in [-0.1, -0.05) is 42.1 Å². The molecule has 0 saturated carbocycles. The van der Waals surface area contributed by atoms with E-state index in [0.717, 1.165) is 15.7 Å². The molecule has 1 heterocycles. The summed E-state index contributed by atoms with van der Waals surface area (Å²) in [5, 5.41) is 10.9. The summed E-state index contributed by atoms with van der Waals surface area (Å²) in [6, 6.07) is 20.1. The van der Waals surface area contributed by atoms with Crippen LogP contribution >= 0.6 is 11.8 Å². The van der Waals surface area contributed by atoms with E-state index in [1.165, 1.54) is 36.4 Å². The first-order valence-electron chi connectivity index (χ1n) is 9.06. The van der Waals surface area contributed by atoms with E-state index in [9.17, 15) is 23.3 Å². The van der Waals surface area contributed by atoms with Gasteiger partial charge in [0.15, 0.2) is 10.9 Å². The van der Waals surface area contributed by atoms with Gasteiger partial charge in [0.05, 0.1) is 26.6 Å². The Morgan fingerprint density at radius 2 is 1.61 bits per heavy atom. The number of carbonyl (C=O) groups is 1. The molecule has 156 valence electrons. The lowest BCUT2D eigenvalue weighted by Crippen LogP contribution is -2.14. The minimum absolute atomic E-state index is 0.0779. The number of non-ortho nitro benzene ring substituents is 1. The topological polar surface area (TPSA) is 112 Å². The predicted octanol–water partition coefficient (Wildman–Crippen LogP) is 4.16. The molecule has 3 aromatic carbocycles. The molecule has 0 aliphatic rings. The minimum atomic E-state index is -3.93. The van der Waals surface area contributed by atoms with Crippen molar-refractivity contribution >= 4 is 44.3 Å². The average Bonchev–Trinajstić information content (AvgIpc) is 3.17. The summed E-state index contributed by atoms with van der Waals surface area (Å²) in [6.07, 6.45) is 0. The van der Waals surface area contributed by atoms with Gasteiger partial charge in [-0.15, -0.1) is 0 Å². The maximum atomic E-state index is 13.3. The Balaban J connectivity index is 1.68. The van der Waals surface area contributed by atoms with Gasteiger partial charge >= 0.3 is 0 Å². The van der Waals surface area contributed by atoms with E-state index in [1.54, 1.807) is 42.5 Å². The zero-order chi connectivity index (χ0) is 22.0. The molecule has 0 amide bonds. The summed E-state index contributed by atoms with van der Waals surface area (Å²) < 4.78 is 27.8. The quantitative estimate of drug-likeness (QED) is 0.179. The largest absolute Gasteiger partial charge is 0.293 e. The van der Waals surface area contributed by atoms with Crippen LogP contribution in [0, 0.1) is 10.1 Å². The van der Waals surface area contributed by atoms with Crippen LogP contribution in [0.3, 0.4) is 0 Å². The highest BCUT2D eigenvalue weighted by Crippen LogP contribution is 2.29. The number of fused-ring (bicyclic) bond motifs is 1. The highest BCUT2D eigenvalue weighted by atomic mass is 32.2. The first kappa shape index (κ1) is 20.8. The normalized spacial score (nSPS) is 11.5. The smallest absolute Gasteiger partial charge is 0.270 e. The molecule has 0 N–H and O–H groups in total. The number of carbonyl (C=O) groups excluding carboxylic acids is 1. The fourth-order valence-corrected chi connectivity index (χ4v) is 5.61. The number of thioether (sulfide) groups is 1. The first-order chi connectivity index (χ1) is 14.9. The van der Waals surface area contributed by atoms with Crippen molar-refractivity contribution in [3.8, 4) is 0 Å². The third kappa shape index (κ3) is 4.07. The van der Waals surface area contributed by atoms with E-state index in [-0.39, 0.29) is 27.3 Å². The lowest BCUT2D eigenvalue weighted by molar-refractivity contribution is -0.384. The number of benzene rings is 3. The zero-order valence-corrected chi connectivity index (χ0v) is 17.5. The second-order valence-electron chi connectivity index (χ2n) is 6.48. The van der Waals surface area contributed by atoms with Crippen molar-refractivity contribution in [2.45, 2.75) is 10.1 Å². The second kappa shape index (κ2) is 8.32. The van der Waals surface area contributed by atoms with Crippen LogP contribution in [-0.4, -0.2) is 33.8 Å². The molecular formula is C21H15N3O5S2. The van der Waals surface area contributed by atoms with E-state index in [1.807, 2.05) is 0 Å². The molecule has 0 spiro atoms. The summed E-state index contributed by atoms with van der Waals surface area (Å²) in [5.41, 5.74) is 1.09. The van der Waals surface area contributed by atoms with E-state index in [0.29, 0.717) is 16.6 Å². The molecule has 4 rings (SSSR count). The summed E-state index contributed by atoms with van der Waals surface area (Å²) in [5.74, 6) is -0.374. The van der Waals surface area contributed by atoms with Crippen LogP contribution in [0.15, 0.2) is 88.9 Å².